The topological polar surface area (TPSA) is 77.9 Å². The van der Waals surface area contributed by atoms with Crippen molar-refractivity contribution >= 4 is 16.1 Å². The van der Waals surface area contributed by atoms with Crippen molar-refractivity contribution in [2.45, 2.75) is 37.5 Å². The molecule has 2 rings (SSSR count). The average molecular weight is 262 g/mol. The lowest BCUT2D eigenvalue weighted by molar-refractivity contribution is 0.113. The van der Waals surface area contributed by atoms with Gasteiger partial charge in [-0.15, -0.1) is 0 Å². The first-order valence-electron chi connectivity index (χ1n) is 5.91. The van der Waals surface area contributed by atoms with E-state index in [0.29, 0.717) is 26.1 Å². The summed E-state index contributed by atoms with van der Waals surface area (Å²) >= 11 is 0. The van der Waals surface area contributed by atoms with Gasteiger partial charge in [-0.2, -0.15) is 4.31 Å². The first-order valence-corrected chi connectivity index (χ1v) is 7.42. The Labute approximate surface area is 101 Å². The summed E-state index contributed by atoms with van der Waals surface area (Å²) in [5, 5.41) is 8.61. The van der Waals surface area contributed by atoms with Crippen molar-refractivity contribution in [2.75, 3.05) is 19.6 Å². The minimum absolute atomic E-state index is 0.171. The van der Waals surface area contributed by atoms with Crippen LogP contribution in [0.15, 0.2) is 0 Å². The number of amides is 1. The van der Waals surface area contributed by atoms with Gasteiger partial charge in [0.25, 0.3) is 0 Å². The van der Waals surface area contributed by atoms with Gasteiger partial charge in [-0.05, 0) is 26.2 Å². The normalized spacial score (nSPS) is 33.8. The van der Waals surface area contributed by atoms with Gasteiger partial charge in [0.2, 0.25) is 10.0 Å². The summed E-state index contributed by atoms with van der Waals surface area (Å²) in [6, 6.07) is -0.171. The summed E-state index contributed by atoms with van der Waals surface area (Å²) < 4.78 is 25.6. The lowest BCUT2D eigenvalue weighted by Gasteiger charge is -2.35. The minimum Gasteiger partial charge on any atom is -0.465 e. The molecule has 0 saturated carbocycles. The van der Waals surface area contributed by atoms with E-state index in [1.165, 1.54) is 9.21 Å². The van der Waals surface area contributed by atoms with Gasteiger partial charge in [0.1, 0.15) is 0 Å². The number of nitrogens with zero attached hydrogens (tertiary/aromatic N) is 2. The van der Waals surface area contributed by atoms with Gasteiger partial charge >= 0.3 is 6.09 Å². The molecule has 0 aromatic heterocycles. The van der Waals surface area contributed by atoms with E-state index < -0.39 is 16.1 Å². The molecule has 0 bridgehead atoms. The predicted octanol–water partition coefficient (Wildman–Crippen LogP) is 0.553. The fourth-order valence-electron chi connectivity index (χ4n) is 2.57. The highest BCUT2D eigenvalue weighted by Crippen LogP contribution is 2.27. The minimum atomic E-state index is -3.20. The zero-order chi connectivity index (χ0) is 12.6. The number of sulfonamides is 1. The summed E-state index contributed by atoms with van der Waals surface area (Å²) in [6.07, 6.45) is 1.18. The Hall–Kier alpha value is -0.820. The number of hydrogen-bond donors (Lipinski definition) is 1. The van der Waals surface area contributed by atoms with Crippen LogP contribution in [-0.4, -0.2) is 59.7 Å². The summed E-state index contributed by atoms with van der Waals surface area (Å²) in [6.45, 7) is 3.06. The molecule has 2 saturated heterocycles. The second kappa shape index (κ2) is 4.45. The molecule has 2 unspecified atom stereocenters. The molecule has 0 aromatic carbocycles. The van der Waals surface area contributed by atoms with Gasteiger partial charge in [-0.3, -0.25) is 0 Å². The van der Waals surface area contributed by atoms with Crippen molar-refractivity contribution in [2.24, 2.45) is 0 Å². The predicted molar refractivity (Wildman–Crippen MR) is 62.3 cm³/mol. The van der Waals surface area contributed by atoms with E-state index >= 15 is 0 Å². The Bertz CT molecular complexity index is 409. The smallest absolute Gasteiger partial charge is 0.407 e. The summed E-state index contributed by atoms with van der Waals surface area (Å²) in [7, 11) is -3.20. The Morgan fingerprint density at radius 3 is 2.53 bits per heavy atom. The highest BCUT2D eigenvalue weighted by Gasteiger charge is 2.41. The Balaban J connectivity index is 2.11. The van der Waals surface area contributed by atoms with E-state index in [2.05, 4.69) is 0 Å². The van der Waals surface area contributed by atoms with Crippen LogP contribution in [0, 0.1) is 0 Å². The third kappa shape index (κ3) is 2.26. The van der Waals surface area contributed by atoms with Crippen molar-refractivity contribution < 1.29 is 18.3 Å². The van der Waals surface area contributed by atoms with E-state index in [0.717, 1.165) is 12.8 Å². The molecule has 0 aromatic rings. The van der Waals surface area contributed by atoms with E-state index in [4.69, 9.17) is 5.11 Å². The molecule has 7 heteroatoms. The molecule has 17 heavy (non-hydrogen) atoms. The molecule has 2 aliphatic heterocycles. The molecular weight excluding hydrogens is 244 g/mol. The van der Waals surface area contributed by atoms with E-state index in [1.54, 1.807) is 6.92 Å². The third-order valence-corrected chi connectivity index (χ3v) is 6.05. The fourth-order valence-corrected chi connectivity index (χ4v) is 4.38. The first-order chi connectivity index (χ1) is 7.93. The van der Waals surface area contributed by atoms with Gasteiger partial charge in [-0.1, -0.05) is 0 Å². The van der Waals surface area contributed by atoms with Crippen molar-refractivity contribution in [1.82, 2.24) is 9.21 Å². The maximum Gasteiger partial charge on any atom is 0.407 e. The van der Waals surface area contributed by atoms with E-state index in [-0.39, 0.29) is 11.3 Å². The second-order valence-corrected chi connectivity index (χ2v) is 7.08. The fraction of sp³-hybridized carbons (Fsp3) is 0.900. The van der Waals surface area contributed by atoms with Gasteiger partial charge in [-0.25, -0.2) is 13.2 Å². The van der Waals surface area contributed by atoms with Gasteiger partial charge < -0.3 is 10.0 Å². The monoisotopic (exact) mass is 262 g/mol. The quantitative estimate of drug-likeness (QED) is 0.748. The number of piperidine rings is 1. The molecule has 2 atom stereocenters. The lowest BCUT2D eigenvalue weighted by Crippen LogP contribution is -2.50. The van der Waals surface area contributed by atoms with Crippen molar-refractivity contribution in [3.8, 4) is 0 Å². The van der Waals surface area contributed by atoms with Crippen LogP contribution in [0.4, 0.5) is 4.79 Å². The van der Waals surface area contributed by atoms with Crippen LogP contribution in [-0.2, 0) is 10.0 Å². The molecule has 1 amide bonds. The molecule has 0 spiro atoms. The molecule has 2 fully saturated rings. The molecule has 0 radical (unpaired) electrons. The summed E-state index contributed by atoms with van der Waals surface area (Å²) in [5.74, 6) is 0. The maximum absolute atomic E-state index is 12.0. The second-order valence-electron chi connectivity index (χ2n) is 4.78. The molecule has 2 heterocycles. The lowest BCUT2D eigenvalue weighted by atomic mass is 10.1. The SMILES string of the molecule is CC1CCN(C2CCCN(C(=O)O)C2)S1(=O)=O. The Kier molecular flexibility index (Phi) is 3.31. The molecule has 1 N–H and O–H groups in total. The van der Waals surface area contributed by atoms with E-state index in [9.17, 15) is 13.2 Å². The molecule has 2 aliphatic rings. The molecular formula is C10H18N2O4S. The van der Waals surface area contributed by atoms with Crippen LogP contribution in [0.5, 0.6) is 0 Å². The number of likely N-dealkylation sites (tertiary alicyclic amines) is 1. The van der Waals surface area contributed by atoms with Crippen LogP contribution in [0.3, 0.4) is 0 Å². The van der Waals surface area contributed by atoms with Crippen molar-refractivity contribution in [1.29, 1.82) is 0 Å². The van der Waals surface area contributed by atoms with Crippen LogP contribution < -0.4 is 0 Å². The van der Waals surface area contributed by atoms with Crippen LogP contribution in [0.2, 0.25) is 0 Å². The zero-order valence-electron chi connectivity index (χ0n) is 9.87. The first kappa shape index (κ1) is 12.6. The number of hydrogen-bond acceptors (Lipinski definition) is 3. The number of carboxylic acid groups (broad SMARTS) is 1. The summed E-state index contributed by atoms with van der Waals surface area (Å²) in [4.78, 5) is 12.2. The Morgan fingerprint density at radius 2 is 2.00 bits per heavy atom. The summed E-state index contributed by atoms with van der Waals surface area (Å²) in [5.41, 5.74) is 0. The molecule has 0 aliphatic carbocycles. The average Bonchev–Trinajstić information content (AvgIpc) is 2.54. The van der Waals surface area contributed by atoms with Crippen LogP contribution in [0.25, 0.3) is 0 Å². The van der Waals surface area contributed by atoms with Gasteiger partial charge in [0, 0.05) is 25.7 Å². The molecule has 6 nitrogen and oxygen atoms in total. The van der Waals surface area contributed by atoms with Crippen LogP contribution in [0.1, 0.15) is 26.2 Å². The standard InChI is InChI=1S/C10H18N2O4S/c1-8-4-6-12(17(8,15)16)9-3-2-5-11(7-9)10(13)14/h8-9H,2-7H2,1H3,(H,13,14). The van der Waals surface area contributed by atoms with Crippen molar-refractivity contribution in [3.05, 3.63) is 0 Å². The highest BCUT2D eigenvalue weighted by molar-refractivity contribution is 7.90. The van der Waals surface area contributed by atoms with Gasteiger partial charge in [0.15, 0.2) is 0 Å². The largest absolute Gasteiger partial charge is 0.465 e. The Morgan fingerprint density at radius 1 is 1.29 bits per heavy atom. The van der Waals surface area contributed by atoms with Gasteiger partial charge in [0.05, 0.1) is 5.25 Å². The third-order valence-electron chi connectivity index (χ3n) is 3.67. The van der Waals surface area contributed by atoms with Crippen LogP contribution >= 0.6 is 0 Å². The highest BCUT2D eigenvalue weighted by atomic mass is 32.2. The maximum atomic E-state index is 12.0. The van der Waals surface area contributed by atoms with Crippen molar-refractivity contribution in [3.63, 3.8) is 0 Å². The zero-order valence-corrected chi connectivity index (χ0v) is 10.7. The van der Waals surface area contributed by atoms with E-state index in [1.807, 2.05) is 0 Å². The number of rotatable bonds is 1. The number of carbonyl (C=O) groups is 1. The molecule has 98 valence electrons.